The molecule has 25 heavy (non-hydrogen) atoms. The third kappa shape index (κ3) is 4.11. The Morgan fingerprint density at radius 2 is 1.84 bits per heavy atom. The summed E-state index contributed by atoms with van der Waals surface area (Å²) in [4.78, 5) is 12.0. The van der Waals surface area contributed by atoms with E-state index in [0.717, 1.165) is 41.9 Å². The predicted molar refractivity (Wildman–Crippen MR) is 105 cm³/mol. The van der Waals surface area contributed by atoms with Crippen LogP contribution in [-0.4, -0.2) is 31.0 Å². The van der Waals surface area contributed by atoms with E-state index in [1.54, 1.807) is 6.92 Å². The molecule has 1 fully saturated rings. The molecule has 0 radical (unpaired) electrons. The summed E-state index contributed by atoms with van der Waals surface area (Å²) in [6, 6.07) is 9.60. The van der Waals surface area contributed by atoms with Crippen LogP contribution in [0.1, 0.15) is 41.5 Å². The van der Waals surface area contributed by atoms with E-state index in [1.165, 1.54) is 0 Å². The largest absolute Gasteiger partial charge is 0.317 e. The molecule has 0 bridgehead atoms. The Balaban J connectivity index is 1.94. The van der Waals surface area contributed by atoms with Gasteiger partial charge in [-0.3, -0.25) is 13.9 Å². The van der Waals surface area contributed by atoms with Crippen LogP contribution in [0.3, 0.4) is 0 Å². The van der Waals surface area contributed by atoms with E-state index < -0.39 is 10.6 Å². The van der Waals surface area contributed by atoms with Crippen molar-refractivity contribution in [2.75, 3.05) is 11.5 Å². The molecule has 2 N–H and O–H groups in total. The highest BCUT2D eigenvalue weighted by Crippen LogP contribution is 2.46. The Morgan fingerprint density at radius 1 is 1.24 bits per heavy atom. The second-order valence-electron chi connectivity index (χ2n) is 6.86. The van der Waals surface area contributed by atoms with Gasteiger partial charge in [0.2, 0.25) is 0 Å². The van der Waals surface area contributed by atoms with Crippen molar-refractivity contribution in [1.82, 2.24) is 4.57 Å². The molecule has 1 aromatic heterocycles. The second kappa shape index (κ2) is 7.16. The van der Waals surface area contributed by atoms with Crippen molar-refractivity contribution in [3.63, 3.8) is 0 Å². The van der Waals surface area contributed by atoms with Gasteiger partial charge in [-0.15, -0.1) is 0 Å². The number of Topliss-reactive ketones (excluding diaryl/α,β-unsaturated/α-hetero) is 1. The van der Waals surface area contributed by atoms with Crippen LogP contribution >= 0.6 is 22.2 Å². The lowest BCUT2D eigenvalue weighted by Crippen LogP contribution is -2.22. The van der Waals surface area contributed by atoms with Crippen LogP contribution in [0.4, 0.5) is 0 Å². The molecule has 1 saturated heterocycles. The number of nitrogens with zero attached hydrogens (tertiary/aromatic N) is 1. The molecule has 0 atom stereocenters. The molecular weight excluding hydrogens is 358 g/mol. The van der Waals surface area contributed by atoms with E-state index in [0.29, 0.717) is 22.4 Å². The zero-order valence-corrected chi connectivity index (χ0v) is 16.1. The predicted octanol–water partition coefficient (Wildman–Crippen LogP) is 5.34. The van der Waals surface area contributed by atoms with Crippen LogP contribution in [0.25, 0.3) is 5.69 Å². The summed E-state index contributed by atoms with van der Waals surface area (Å²) in [6.45, 7) is 3.56. The summed E-state index contributed by atoms with van der Waals surface area (Å²) in [6.07, 6.45) is 2.44. The lowest BCUT2D eigenvalue weighted by molar-refractivity contribution is 0.101. The monoisotopic (exact) mass is 381 g/mol. The third-order valence-electron chi connectivity index (χ3n) is 4.99. The standard InChI is InChI=1S/C19H24ClNO3S/c1-13-19(14(2)22)12-18(11-15-7-9-25(23,24)10-8-15)21(13)17-5-3-16(20)4-6-17/h3-6,12,15,23-24H,7-11H2,1-2H3. The van der Waals surface area contributed by atoms with Gasteiger partial charge in [0.1, 0.15) is 0 Å². The molecule has 0 aliphatic carbocycles. The summed E-state index contributed by atoms with van der Waals surface area (Å²) in [5, 5.41) is 0.680. The first-order valence-electron chi connectivity index (χ1n) is 8.48. The summed E-state index contributed by atoms with van der Waals surface area (Å²) in [5.41, 5.74) is 3.76. The zero-order valence-electron chi connectivity index (χ0n) is 14.5. The maximum Gasteiger partial charge on any atom is 0.161 e. The number of rotatable bonds is 4. The summed E-state index contributed by atoms with van der Waals surface area (Å²) in [5.74, 6) is 1.43. The van der Waals surface area contributed by atoms with Gasteiger partial charge in [0.15, 0.2) is 5.78 Å². The van der Waals surface area contributed by atoms with E-state index in [-0.39, 0.29) is 5.78 Å². The number of halogens is 1. The first-order chi connectivity index (χ1) is 11.8. The average molecular weight is 382 g/mol. The molecule has 2 aromatic rings. The van der Waals surface area contributed by atoms with E-state index >= 15 is 0 Å². The molecule has 1 aliphatic rings. The smallest absolute Gasteiger partial charge is 0.161 e. The van der Waals surface area contributed by atoms with Gasteiger partial charge in [0.25, 0.3) is 0 Å². The van der Waals surface area contributed by atoms with Crippen molar-refractivity contribution in [2.45, 2.75) is 33.1 Å². The summed E-state index contributed by atoms with van der Waals surface area (Å²) >= 11 is 6.01. The molecule has 2 heterocycles. The molecule has 0 spiro atoms. The number of hydrogen-bond donors (Lipinski definition) is 2. The highest BCUT2D eigenvalue weighted by atomic mass is 35.5. The molecule has 1 aliphatic heterocycles. The van der Waals surface area contributed by atoms with E-state index in [1.807, 2.05) is 37.3 Å². The molecule has 0 amide bonds. The fourth-order valence-electron chi connectivity index (χ4n) is 3.58. The van der Waals surface area contributed by atoms with Crippen LogP contribution in [0, 0.1) is 12.8 Å². The minimum atomic E-state index is -2.37. The topological polar surface area (TPSA) is 62.5 Å². The summed E-state index contributed by atoms with van der Waals surface area (Å²) < 4.78 is 21.8. The Bertz CT molecular complexity index is 773. The Kier molecular flexibility index (Phi) is 5.30. The van der Waals surface area contributed by atoms with Crippen molar-refractivity contribution >= 4 is 28.0 Å². The van der Waals surface area contributed by atoms with Crippen molar-refractivity contribution in [3.8, 4) is 5.69 Å². The van der Waals surface area contributed by atoms with Gasteiger partial charge in [-0.1, -0.05) is 11.6 Å². The SMILES string of the molecule is CC(=O)c1cc(CC2CCS(O)(O)CC2)n(-c2ccc(Cl)cc2)c1C. The molecule has 136 valence electrons. The first kappa shape index (κ1) is 18.5. The molecule has 0 saturated carbocycles. The first-order valence-corrected chi connectivity index (χ1v) is 10.7. The number of ketones is 1. The molecule has 3 rings (SSSR count). The van der Waals surface area contributed by atoms with Crippen molar-refractivity contribution in [1.29, 1.82) is 0 Å². The van der Waals surface area contributed by atoms with Gasteiger partial charge in [0, 0.05) is 39.2 Å². The van der Waals surface area contributed by atoms with Crippen LogP contribution < -0.4 is 0 Å². The fraction of sp³-hybridized carbons (Fsp3) is 0.421. The van der Waals surface area contributed by atoms with Gasteiger partial charge in [-0.05, 0) is 69.4 Å². The van der Waals surface area contributed by atoms with Crippen molar-refractivity contribution in [3.05, 3.63) is 52.3 Å². The van der Waals surface area contributed by atoms with Gasteiger partial charge in [0.05, 0.1) is 0 Å². The fourth-order valence-corrected chi connectivity index (χ4v) is 5.34. The Hall–Kier alpha value is -1.27. The lowest BCUT2D eigenvalue weighted by atomic mass is 9.96. The number of hydrogen-bond acceptors (Lipinski definition) is 3. The number of carbonyl (C=O) groups is 1. The molecular formula is C19H24ClNO3S. The second-order valence-corrected chi connectivity index (χ2v) is 9.72. The number of aromatic nitrogens is 1. The van der Waals surface area contributed by atoms with Crippen LogP contribution in [0.15, 0.2) is 30.3 Å². The molecule has 4 nitrogen and oxygen atoms in total. The molecule has 0 unspecified atom stereocenters. The minimum absolute atomic E-state index is 0.0595. The van der Waals surface area contributed by atoms with Gasteiger partial charge in [-0.25, -0.2) is 0 Å². The quantitative estimate of drug-likeness (QED) is 0.702. The maximum absolute atomic E-state index is 12.0. The Morgan fingerprint density at radius 3 is 2.40 bits per heavy atom. The maximum atomic E-state index is 12.0. The van der Waals surface area contributed by atoms with Crippen LogP contribution in [0.5, 0.6) is 0 Å². The minimum Gasteiger partial charge on any atom is -0.317 e. The normalized spacial score (nSPS) is 18.9. The highest BCUT2D eigenvalue weighted by molar-refractivity contribution is 8.24. The van der Waals surface area contributed by atoms with Crippen LogP contribution in [-0.2, 0) is 6.42 Å². The highest BCUT2D eigenvalue weighted by Gasteiger charge is 2.26. The molecule has 6 heteroatoms. The number of carbonyl (C=O) groups excluding carboxylic acids is 1. The van der Waals surface area contributed by atoms with E-state index in [9.17, 15) is 13.9 Å². The van der Waals surface area contributed by atoms with Crippen molar-refractivity contribution < 1.29 is 13.9 Å². The number of benzene rings is 1. The summed E-state index contributed by atoms with van der Waals surface area (Å²) in [7, 11) is -2.37. The molecule has 1 aromatic carbocycles. The van der Waals surface area contributed by atoms with Crippen molar-refractivity contribution in [2.24, 2.45) is 5.92 Å². The van der Waals surface area contributed by atoms with Gasteiger partial charge < -0.3 is 4.57 Å². The van der Waals surface area contributed by atoms with E-state index in [4.69, 9.17) is 11.6 Å². The van der Waals surface area contributed by atoms with Crippen LogP contribution in [0.2, 0.25) is 5.02 Å². The lowest BCUT2D eigenvalue weighted by Gasteiger charge is -2.39. The van der Waals surface area contributed by atoms with E-state index in [2.05, 4.69) is 4.57 Å². The average Bonchev–Trinajstić information content (AvgIpc) is 2.87. The van der Waals surface area contributed by atoms with Gasteiger partial charge in [-0.2, -0.15) is 10.6 Å². The Labute approximate surface area is 155 Å². The zero-order chi connectivity index (χ0) is 18.2. The van der Waals surface area contributed by atoms with Gasteiger partial charge >= 0.3 is 0 Å². The third-order valence-corrected chi connectivity index (χ3v) is 7.02.